The van der Waals surface area contributed by atoms with E-state index in [4.69, 9.17) is 0 Å². The van der Waals surface area contributed by atoms with Crippen LogP contribution in [0, 0.1) is 11.3 Å². The molecule has 0 aliphatic carbocycles. The molecule has 84 valence electrons. The van der Waals surface area contributed by atoms with Crippen LogP contribution in [-0.4, -0.2) is 23.8 Å². The average Bonchev–Trinajstić information content (AvgIpc) is 2.07. The van der Waals surface area contributed by atoms with Gasteiger partial charge < -0.3 is 10.4 Å². The summed E-state index contributed by atoms with van der Waals surface area (Å²) in [6.45, 7) is 10.7. The molecule has 1 rings (SSSR count). The zero-order valence-electron chi connectivity index (χ0n) is 10.1. The van der Waals surface area contributed by atoms with Crippen molar-refractivity contribution >= 4 is 0 Å². The lowest BCUT2D eigenvalue weighted by atomic mass is 9.68. The molecule has 2 N–H and O–H groups in total. The van der Waals surface area contributed by atoms with Gasteiger partial charge in [-0.15, -0.1) is 0 Å². The number of piperidine rings is 1. The molecule has 0 aromatic heterocycles. The summed E-state index contributed by atoms with van der Waals surface area (Å²) in [5, 5.41) is 14.0. The molecule has 0 spiro atoms. The summed E-state index contributed by atoms with van der Waals surface area (Å²) in [5.74, 6) is 0.685. The summed E-state index contributed by atoms with van der Waals surface area (Å²) < 4.78 is 0. The Bertz CT molecular complexity index is 189. The Labute approximate surface area is 88.1 Å². The summed E-state index contributed by atoms with van der Waals surface area (Å²) in [5.41, 5.74) is -0.442. The lowest BCUT2D eigenvalue weighted by molar-refractivity contribution is -0.0961. The fourth-order valence-electron chi connectivity index (χ4n) is 2.19. The predicted molar refractivity (Wildman–Crippen MR) is 60.3 cm³/mol. The third-order valence-corrected chi connectivity index (χ3v) is 3.68. The van der Waals surface area contributed by atoms with Crippen LogP contribution < -0.4 is 5.32 Å². The molecule has 1 aliphatic heterocycles. The van der Waals surface area contributed by atoms with E-state index in [1.807, 2.05) is 0 Å². The van der Waals surface area contributed by atoms with Crippen molar-refractivity contribution < 1.29 is 5.11 Å². The molecular formula is C12H25NO. The minimum atomic E-state index is -0.456. The van der Waals surface area contributed by atoms with Gasteiger partial charge in [0.1, 0.15) is 0 Å². The maximum Gasteiger partial charge on any atom is 0.0722 e. The van der Waals surface area contributed by atoms with Gasteiger partial charge in [0.25, 0.3) is 0 Å². The number of nitrogens with one attached hydrogen (secondary N) is 1. The van der Waals surface area contributed by atoms with E-state index in [0.717, 1.165) is 32.4 Å². The molecule has 0 radical (unpaired) electrons. The highest BCUT2D eigenvalue weighted by atomic mass is 16.3. The lowest BCUT2D eigenvalue weighted by Crippen LogP contribution is -2.56. The summed E-state index contributed by atoms with van der Waals surface area (Å²) in [6, 6.07) is 0. The van der Waals surface area contributed by atoms with Crippen molar-refractivity contribution in [2.45, 2.75) is 52.6 Å². The van der Waals surface area contributed by atoms with Crippen LogP contribution in [0.2, 0.25) is 0 Å². The molecule has 1 heterocycles. The van der Waals surface area contributed by atoms with Crippen LogP contribution in [0.15, 0.2) is 0 Å². The first-order valence-corrected chi connectivity index (χ1v) is 5.80. The maximum absolute atomic E-state index is 10.6. The van der Waals surface area contributed by atoms with E-state index in [1.54, 1.807) is 0 Å². The average molecular weight is 199 g/mol. The SMILES string of the molecule is CC(C)CCC1(O)CCNCC1(C)C. The molecule has 1 unspecified atom stereocenters. The van der Waals surface area contributed by atoms with Gasteiger partial charge in [-0.25, -0.2) is 0 Å². The molecule has 14 heavy (non-hydrogen) atoms. The van der Waals surface area contributed by atoms with Gasteiger partial charge in [0.15, 0.2) is 0 Å². The maximum atomic E-state index is 10.6. The second-order valence-corrected chi connectivity index (χ2v) is 5.77. The van der Waals surface area contributed by atoms with Crippen LogP contribution >= 0.6 is 0 Å². The smallest absolute Gasteiger partial charge is 0.0722 e. The fraction of sp³-hybridized carbons (Fsp3) is 1.00. The van der Waals surface area contributed by atoms with E-state index in [2.05, 4.69) is 33.0 Å². The van der Waals surface area contributed by atoms with Gasteiger partial charge in [-0.3, -0.25) is 0 Å². The van der Waals surface area contributed by atoms with Gasteiger partial charge in [0.05, 0.1) is 5.60 Å². The minimum absolute atomic E-state index is 0.0140. The third kappa shape index (κ3) is 2.48. The van der Waals surface area contributed by atoms with E-state index in [9.17, 15) is 5.11 Å². The van der Waals surface area contributed by atoms with Crippen LogP contribution in [0.1, 0.15) is 47.0 Å². The quantitative estimate of drug-likeness (QED) is 0.730. The molecule has 1 fully saturated rings. The summed E-state index contributed by atoms with van der Waals surface area (Å²) in [7, 11) is 0. The van der Waals surface area contributed by atoms with Crippen molar-refractivity contribution in [2.75, 3.05) is 13.1 Å². The number of hydrogen-bond donors (Lipinski definition) is 2. The fourth-order valence-corrected chi connectivity index (χ4v) is 2.19. The molecular weight excluding hydrogens is 174 g/mol. The van der Waals surface area contributed by atoms with Gasteiger partial charge in [-0.1, -0.05) is 27.7 Å². The minimum Gasteiger partial charge on any atom is -0.389 e. The molecule has 1 atom stereocenters. The van der Waals surface area contributed by atoms with Crippen molar-refractivity contribution in [2.24, 2.45) is 11.3 Å². The van der Waals surface area contributed by atoms with Crippen LogP contribution in [0.5, 0.6) is 0 Å². The Morgan fingerprint density at radius 3 is 2.50 bits per heavy atom. The van der Waals surface area contributed by atoms with E-state index >= 15 is 0 Å². The third-order valence-electron chi connectivity index (χ3n) is 3.68. The second-order valence-electron chi connectivity index (χ2n) is 5.77. The van der Waals surface area contributed by atoms with Gasteiger partial charge >= 0.3 is 0 Å². The van der Waals surface area contributed by atoms with Gasteiger partial charge in [-0.05, 0) is 31.7 Å². The molecule has 0 bridgehead atoms. The first-order valence-electron chi connectivity index (χ1n) is 5.80. The zero-order valence-corrected chi connectivity index (χ0v) is 10.1. The van der Waals surface area contributed by atoms with Crippen LogP contribution in [0.3, 0.4) is 0 Å². The molecule has 0 amide bonds. The van der Waals surface area contributed by atoms with Crippen molar-refractivity contribution in [3.8, 4) is 0 Å². The van der Waals surface area contributed by atoms with Crippen LogP contribution in [-0.2, 0) is 0 Å². The Hall–Kier alpha value is -0.0800. The Morgan fingerprint density at radius 2 is 2.00 bits per heavy atom. The normalized spacial score (nSPS) is 32.1. The van der Waals surface area contributed by atoms with E-state index in [-0.39, 0.29) is 5.41 Å². The molecule has 0 aromatic carbocycles. The predicted octanol–water partition coefficient (Wildman–Crippen LogP) is 2.17. The van der Waals surface area contributed by atoms with E-state index in [0.29, 0.717) is 5.92 Å². The summed E-state index contributed by atoms with van der Waals surface area (Å²) in [6.07, 6.45) is 2.96. The molecule has 1 saturated heterocycles. The van der Waals surface area contributed by atoms with Gasteiger partial charge in [0.2, 0.25) is 0 Å². The standard InChI is InChI=1S/C12H25NO/c1-10(2)5-6-12(14)7-8-13-9-11(12,3)4/h10,13-14H,5-9H2,1-4H3. The van der Waals surface area contributed by atoms with Crippen LogP contribution in [0.4, 0.5) is 0 Å². The summed E-state index contributed by atoms with van der Waals surface area (Å²) >= 11 is 0. The number of rotatable bonds is 3. The topological polar surface area (TPSA) is 32.3 Å². The molecule has 2 heteroatoms. The Morgan fingerprint density at radius 1 is 1.36 bits per heavy atom. The number of aliphatic hydroxyl groups is 1. The largest absolute Gasteiger partial charge is 0.389 e. The highest BCUT2D eigenvalue weighted by Gasteiger charge is 2.44. The molecule has 0 aromatic rings. The van der Waals surface area contributed by atoms with Crippen molar-refractivity contribution in [3.63, 3.8) is 0 Å². The van der Waals surface area contributed by atoms with Crippen LogP contribution in [0.25, 0.3) is 0 Å². The zero-order chi connectivity index (χ0) is 10.8. The van der Waals surface area contributed by atoms with Crippen molar-refractivity contribution in [3.05, 3.63) is 0 Å². The Kier molecular flexibility index (Phi) is 3.59. The molecule has 2 nitrogen and oxygen atoms in total. The second kappa shape index (κ2) is 4.19. The van der Waals surface area contributed by atoms with Crippen molar-refractivity contribution in [1.29, 1.82) is 0 Å². The lowest BCUT2D eigenvalue weighted by Gasteiger charge is -2.47. The Balaban J connectivity index is 2.59. The highest BCUT2D eigenvalue weighted by Crippen LogP contribution is 2.39. The molecule has 0 saturated carbocycles. The highest BCUT2D eigenvalue weighted by molar-refractivity contribution is 4.98. The van der Waals surface area contributed by atoms with Gasteiger partial charge in [-0.2, -0.15) is 0 Å². The number of hydrogen-bond acceptors (Lipinski definition) is 2. The first kappa shape index (κ1) is 12.0. The first-order chi connectivity index (χ1) is 6.37. The monoisotopic (exact) mass is 199 g/mol. The van der Waals surface area contributed by atoms with Crippen molar-refractivity contribution in [1.82, 2.24) is 5.32 Å². The molecule has 1 aliphatic rings. The van der Waals surface area contributed by atoms with E-state index in [1.165, 1.54) is 0 Å². The summed E-state index contributed by atoms with van der Waals surface area (Å²) in [4.78, 5) is 0. The van der Waals surface area contributed by atoms with Gasteiger partial charge in [0, 0.05) is 12.0 Å². The van der Waals surface area contributed by atoms with E-state index < -0.39 is 5.60 Å².